The predicted molar refractivity (Wildman–Crippen MR) is 86.2 cm³/mol. The molecule has 1 N–H and O–H groups in total. The number of hydrogen-bond donors (Lipinski definition) is 1. The van der Waals surface area contributed by atoms with Crippen LogP contribution in [0, 0.1) is 11.6 Å². The molecule has 0 bridgehead atoms. The van der Waals surface area contributed by atoms with Crippen molar-refractivity contribution in [1.29, 1.82) is 0 Å². The third kappa shape index (κ3) is 3.60. The fraction of sp³-hybridized carbons (Fsp3) is 0.0588. The van der Waals surface area contributed by atoms with Gasteiger partial charge in [0, 0.05) is 18.4 Å². The molecule has 0 saturated carbocycles. The Bertz CT molecular complexity index is 788. The average Bonchev–Trinajstić information content (AvgIpc) is 2.56. The van der Waals surface area contributed by atoms with Gasteiger partial charge in [-0.05, 0) is 42.5 Å². The summed E-state index contributed by atoms with van der Waals surface area (Å²) in [6.07, 6.45) is 3.27. The summed E-state index contributed by atoms with van der Waals surface area (Å²) in [7, 11) is 1.84. The molecular weight excluding hydrogens is 298 g/mol. The van der Waals surface area contributed by atoms with Crippen LogP contribution in [0.5, 0.6) is 0 Å². The van der Waals surface area contributed by atoms with Gasteiger partial charge in [0.05, 0.1) is 18.1 Å². The van der Waals surface area contributed by atoms with Crippen LogP contribution >= 0.6 is 0 Å². The van der Waals surface area contributed by atoms with E-state index < -0.39 is 0 Å². The maximum atomic E-state index is 13.1. The number of hydrogen-bond acceptors (Lipinski definition) is 4. The predicted octanol–water partition coefficient (Wildman–Crippen LogP) is 4.27. The van der Waals surface area contributed by atoms with Crippen LogP contribution in [0.3, 0.4) is 0 Å². The maximum Gasteiger partial charge on any atom is 0.227 e. The first-order valence-electron chi connectivity index (χ1n) is 6.96. The summed E-state index contributed by atoms with van der Waals surface area (Å²) in [6, 6.07) is 12.2. The SMILES string of the molecule is CN(c1ccc(F)cc1)c1cnc(Nc2cccc(F)c2)nc1. The first-order chi connectivity index (χ1) is 11.1. The molecule has 0 atom stereocenters. The first-order valence-corrected chi connectivity index (χ1v) is 6.96. The molecule has 0 amide bonds. The van der Waals surface area contributed by atoms with Gasteiger partial charge in [0.25, 0.3) is 0 Å². The van der Waals surface area contributed by atoms with E-state index in [0.717, 1.165) is 11.4 Å². The Morgan fingerprint density at radius 1 is 0.870 bits per heavy atom. The molecule has 0 fully saturated rings. The highest BCUT2D eigenvalue weighted by atomic mass is 19.1. The molecule has 3 aromatic rings. The van der Waals surface area contributed by atoms with Crippen molar-refractivity contribution in [3.05, 3.63) is 72.6 Å². The third-order valence-corrected chi connectivity index (χ3v) is 3.32. The number of anilines is 4. The summed E-state index contributed by atoms with van der Waals surface area (Å²) in [5, 5.41) is 2.93. The summed E-state index contributed by atoms with van der Waals surface area (Å²) in [6.45, 7) is 0. The Morgan fingerprint density at radius 3 is 2.22 bits per heavy atom. The van der Waals surface area contributed by atoms with Gasteiger partial charge < -0.3 is 10.2 Å². The Hall–Kier alpha value is -3.02. The lowest BCUT2D eigenvalue weighted by atomic mass is 10.3. The summed E-state index contributed by atoms with van der Waals surface area (Å²) in [5.74, 6) is -0.248. The zero-order valence-electron chi connectivity index (χ0n) is 12.4. The fourth-order valence-corrected chi connectivity index (χ4v) is 2.07. The molecular formula is C17H14F2N4. The smallest absolute Gasteiger partial charge is 0.227 e. The van der Waals surface area contributed by atoms with Gasteiger partial charge in [0.2, 0.25) is 5.95 Å². The van der Waals surface area contributed by atoms with Crippen LogP contribution in [-0.4, -0.2) is 17.0 Å². The lowest BCUT2D eigenvalue weighted by Crippen LogP contribution is -2.10. The van der Waals surface area contributed by atoms with Crippen LogP contribution in [0.4, 0.5) is 31.8 Å². The second-order valence-corrected chi connectivity index (χ2v) is 4.94. The Labute approximate surface area is 132 Å². The zero-order valence-corrected chi connectivity index (χ0v) is 12.4. The van der Waals surface area contributed by atoms with Gasteiger partial charge in [-0.1, -0.05) is 6.07 Å². The van der Waals surface area contributed by atoms with E-state index >= 15 is 0 Å². The number of halogens is 2. The molecule has 0 unspecified atom stereocenters. The Balaban J connectivity index is 1.75. The van der Waals surface area contributed by atoms with Gasteiger partial charge in [-0.2, -0.15) is 0 Å². The molecule has 1 aromatic heterocycles. The number of nitrogens with zero attached hydrogens (tertiary/aromatic N) is 3. The van der Waals surface area contributed by atoms with Crippen molar-refractivity contribution < 1.29 is 8.78 Å². The Kier molecular flexibility index (Phi) is 4.14. The molecule has 0 aliphatic carbocycles. The fourth-order valence-electron chi connectivity index (χ4n) is 2.07. The van der Waals surface area contributed by atoms with Crippen LogP contribution in [0.25, 0.3) is 0 Å². The molecule has 23 heavy (non-hydrogen) atoms. The molecule has 2 aromatic carbocycles. The van der Waals surface area contributed by atoms with Crippen LogP contribution in [0.2, 0.25) is 0 Å². The van der Waals surface area contributed by atoms with E-state index in [2.05, 4.69) is 15.3 Å². The first kappa shape index (κ1) is 14.9. The van der Waals surface area contributed by atoms with Gasteiger partial charge in [0.1, 0.15) is 11.6 Å². The van der Waals surface area contributed by atoms with Crippen LogP contribution in [0.1, 0.15) is 0 Å². The largest absolute Gasteiger partial charge is 0.342 e. The van der Waals surface area contributed by atoms with E-state index in [1.54, 1.807) is 36.7 Å². The van der Waals surface area contributed by atoms with E-state index in [-0.39, 0.29) is 11.6 Å². The van der Waals surface area contributed by atoms with E-state index in [1.165, 1.54) is 24.3 Å². The van der Waals surface area contributed by atoms with Gasteiger partial charge in [0.15, 0.2) is 0 Å². The normalized spacial score (nSPS) is 10.4. The quantitative estimate of drug-likeness (QED) is 0.781. The summed E-state index contributed by atoms with van der Waals surface area (Å²) < 4.78 is 26.1. The standard InChI is InChI=1S/C17H14F2N4/c1-23(15-7-5-12(18)6-8-15)16-10-20-17(21-11-16)22-14-4-2-3-13(19)9-14/h2-11H,1H3,(H,20,21,22). The minimum Gasteiger partial charge on any atom is -0.342 e. The van der Waals surface area contributed by atoms with Crippen molar-refractivity contribution in [3.8, 4) is 0 Å². The third-order valence-electron chi connectivity index (χ3n) is 3.32. The zero-order chi connectivity index (χ0) is 16.2. The van der Waals surface area contributed by atoms with Crippen molar-refractivity contribution >= 4 is 23.0 Å². The summed E-state index contributed by atoms with van der Waals surface area (Å²) in [5.41, 5.74) is 2.15. The van der Waals surface area contributed by atoms with Crippen molar-refractivity contribution in [3.63, 3.8) is 0 Å². The second-order valence-electron chi connectivity index (χ2n) is 4.94. The minimum atomic E-state index is -0.331. The molecule has 3 rings (SSSR count). The van der Waals surface area contributed by atoms with Crippen molar-refractivity contribution in [2.75, 3.05) is 17.3 Å². The minimum absolute atomic E-state index is 0.284. The Morgan fingerprint density at radius 2 is 1.57 bits per heavy atom. The monoisotopic (exact) mass is 312 g/mol. The van der Waals surface area contributed by atoms with Crippen molar-refractivity contribution in [2.45, 2.75) is 0 Å². The maximum absolute atomic E-state index is 13.1. The molecule has 116 valence electrons. The molecule has 0 radical (unpaired) electrons. The number of benzene rings is 2. The average molecular weight is 312 g/mol. The molecule has 1 heterocycles. The molecule has 0 spiro atoms. The van der Waals surface area contributed by atoms with E-state index in [9.17, 15) is 8.78 Å². The van der Waals surface area contributed by atoms with Crippen LogP contribution in [-0.2, 0) is 0 Å². The number of nitrogens with one attached hydrogen (secondary N) is 1. The number of rotatable bonds is 4. The highest BCUT2D eigenvalue weighted by Crippen LogP contribution is 2.23. The molecule has 0 aliphatic rings. The van der Waals surface area contributed by atoms with Crippen molar-refractivity contribution in [1.82, 2.24) is 9.97 Å². The van der Waals surface area contributed by atoms with Crippen molar-refractivity contribution in [2.24, 2.45) is 0 Å². The highest BCUT2D eigenvalue weighted by molar-refractivity contribution is 5.62. The van der Waals surface area contributed by atoms with Gasteiger partial charge in [-0.15, -0.1) is 0 Å². The van der Waals surface area contributed by atoms with E-state index in [4.69, 9.17) is 0 Å². The van der Waals surface area contributed by atoms with Gasteiger partial charge >= 0.3 is 0 Å². The summed E-state index contributed by atoms with van der Waals surface area (Å²) >= 11 is 0. The highest BCUT2D eigenvalue weighted by Gasteiger charge is 2.06. The van der Waals surface area contributed by atoms with Crippen LogP contribution in [0.15, 0.2) is 60.9 Å². The van der Waals surface area contributed by atoms with E-state index in [0.29, 0.717) is 11.6 Å². The van der Waals surface area contributed by atoms with E-state index in [1.807, 2.05) is 11.9 Å². The molecule has 4 nitrogen and oxygen atoms in total. The molecule has 6 heteroatoms. The topological polar surface area (TPSA) is 41.1 Å². The van der Waals surface area contributed by atoms with Gasteiger partial charge in [-0.3, -0.25) is 0 Å². The van der Waals surface area contributed by atoms with Crippen LogP contribution < -0.4 is 10.2 Å². The lowest BCUT2D eigenvalue weighted by molar-refractivity contribution is 0.627. The number of aromatic nitrogens is 2. The molecule has 0 aliphatic heterocycles. The second kappa shape index (κ2) is 6.39. The van der Waals surface area contributed by atoms with Gasteiger partial charge in [-0.25, -0.2) is 18.7 Å². The molecule has 0 saturated heterocycles. The summed E-state index contributed by atoms with van der Waals surface area (Å²) in [4.78, 5) is 10.3. The lowest BCUT2D eigenvalue weighted by Gasteiger charge is -2.18.